The lowest BCUT2D eigenvalue weighted by molar-refractivity contribution is -0.114. The van der Waals surface area contributed by atoms with Gasteiger partial charge in [-0.2, -0.15) is 0 Å². The van der Waals surface area contributed by atoms with E-state index in [0.29, 0.717) is 18.2 Å². The molecule has 2 rings (SSSR count). The van der Waals surface area contributed by atoms with E-state index < -0.39 is 10.0 Å². The second-order valence-corrected chi connectivity index (χ2v) is 7.36. The fraction of sp³-hybridized carbons (Fsp3) is 0.333. The summed E-state index contributed by atoms with van der Waals surface area (Å²) in [6.07, 6.45) is 1.58. The van der Waals surface area contributed by atoms with Crippen molar-refractivity contribution in [1.29, 1.82) is 0 Å². The van der Waals surface area contributed by atoms with Gasteiger partial charge in [-0.25, -0.2) is 18.1 Å². The Balaban J connectivity index is 2.16. The van der Waals surface area contributed by atoms with Crippen molar-refractivity contribution in [2.45, 2.75) is 25.7 Å². The van der Waals surface area contributed by atoms with E-state index in [4.69, 9.17) is 0 Å². The largest absolute Gasteiger partial charge is 0.324 e. The number of sulfonamides is 1. The summed E-state index contributed by atoms with van der Waals surface area (Å²) in [7, 11) is -3.50. The van der Waals surface area contributed by atoms with Gasteiger partial charge in [0.05, 0.1) is 16.8 Å². The average molecular weight is 336 g/mol. The van der Waals surface area contributed by atoms with Crippen molar-refractivity contribution in [3.63, 3.8) is 0 Å². The molecule has 1 aromatic heterocycles. The van der Waals surface area contributed by atoms with Crippen LogP contribution in [0.5, 0.6) is 0 Å². The molecular weight excluding hydrogens is 316 g/mol. The van der Waals surface area contributed by atoms with Gasteiger partial charge in [-0.1, -0.05) is 26.0 Å². The second kappa shape index (κ2) is 6.93. The molecule has 0 radical (unpaired) electrons. The summed E-state index contributed by atoms with van der Waals surface area (Å²) in [5.74, 6) is 0.368. The number of H-pyrrole nitrogens is 1. The lowest BCUT2D eigenvalue weighted by Crippen LogP contribution is -2.27. The van der Waals surface area contributed by atoms with Crippen LogP contribution >= 0.6 is 0 Å². The fourth-order valence-electron chi connectivity index (χ4n) is 1.87. The summed E-state index contributed by atoms with van der Waals surface area (Å²) in [6.45, 7) is 5.67. The summed E-state index contributed by atoms with van der Waals surface area (Å²) < 4.78 is 26.8. The van der Waals surface area contributed by atoms with E-state index in [1.165, 1.54) is 19.1 Å². The predicted octanol–water partition coefficient (Wildman–Crippen LogP) is 1.97. The highest BCUT2D eigenvalue weighted by atomic mass is 32.2. The van der Waals surface area contributed by atoms with Crippen molar-refractivity contribution in [1.82, 2.24) is 14.7 Å². The third-order valence-electron chi connectivity index (χ3n) is 3.03. The van der Waals surface area contributed by atoms with E-state index in [1.54, 1.807) is 18.3 Å². The molecule has 0 unspecified atom stereocenters. The number of carbonyl (C=O) groups is 1. The Labute approximate surface area is 135 Å². The number of hydrogen-bond acceptors (Lipinski definition) is 4. The summed E-state index contributed by atoms with van der Waals surface area (Å²) in [4.78, 5) is 18.2. The molecule has 0 aliphatic rings. The zero-order chi connectivity index (χ0) is 17.0. The molecular formula is C15H20N4O3S. The van der Waals surface area contributed by atoms with Crippen molar-refractivity contribution in [2.75, 3.05) is 11.9 Å². The fourth-order valence-corrected chi connectivity index (χ4v) is 3.09. The van der Waals surface area contributed by atoms with Crippen LogP contribution in [0.25, 0.3) is 11.3 Å². The lowest BCUT2D eigenvalue weighted by atomic mass is 10.2. The molecule has 0 bridgehead atoms. The molecule has 0 spiro atoms. The Hall–Kier alpha value is -2.19. The van der Waals surface area contributed by atoms with Crippen molar-refractivity contribution in [2.24, 2.45) is 5.92 Å². The number of carbonyl (C=O) groups excluding carboxylic acids is 1. The van der Waals surface area contributed by atoms with E-state index in [1.807, 2.05) is 13.8 Å². The first-order valence-corrected chi connectivity index (χ1v) is 8.69. The first kappa shape index (κ1) is 17.2. The van der Waals surface area contributed by atoms with Gasteiger partial charge in [0, 0.05) is 13.5 Å². The lowest BCUT2D eigenvalue weighted by Gasteiger charge is -2.09. The molecule has 0 fully saturated rings. The second-order valence-electron chi connectivity index (χ2n) is 5.60. The number of rotatable bonds is 6. The Morgan fingerprint density at radius 3 is 2.48 bits per heavy atom. The first-order valence-electron chi connectivity index (χ1n) is 7.20. The van der Waals surface area contributed by atoms with Crippen molar-refractivity contribution in [3.8, 4) is 11.3 Å². The summed E-state index contributed by atoms with van der Waals surface area (Å²) in [5, 5.41) is 2.55. The van der Waals surface area contributed by atoms with Gasteiger partial charge >= 0.3 is 0 Å². The van der Waals surface area contributed by atoms with E-state index in [9.17, 15) is 13.2 Å². The van der Waals surface area contributed by atoms with Crippen LogP contribution in [0.3, 0.4) is 0 Å². The SMILES string of the molecule is CC(=O)Nc1ncc(-c2ccc(S(=O)(=O)NCC(C)C)cc2)[nH]1. The third-order valence-corrected chi connectivity index (χ3v) is 4.47. The highest BCUT2D eigenvalue weighted by molar-refractivity contribution is 7.89. The summed E-state index contributed by atoms with van der Waals surface area (Å²) >= 11 is 0. The molecule has 0 saturated carbocycles. The Kier molecular flexibility index (Phi) is 5.17. The van der Waals surface area contributed by atoms with Crippen LogP contribution in [0.2, 0.25) is 0 Å². The number of amides is 1. The zero-order valence-electron chi connectivity index (χ0n) is 13.3. The molecule has 1 amide bonds. The predicted molar refractivity (Wildman–Crippen MR) is 88.4 cm³/mol. The van der Waals surface area contributed by atoms with Gasteiger partial charge in [0.15, 0.2) is 0 Å². The monoisotopic (exact) mass is 336 g/mol. The third kappa shape index (κ3) is 4.64. The number of benzene rings is 1. The molecule has 1 aromatic carbocycles. The quantitative estimate of drug-likeness (QED) is 0.750. The smallest absolute Gasteiger partial charge is 0.240 e. The Morgan fingerprint density at radius 1 is 1.26 bits per heavy atom. The molecule has 8 heteroatoms. The normalized spacial score (nSPS) is 11.7. The van der Waals surface area contributed by atoms with Gasteiger partial charge < -0.3 is 4.98 Å². The zero-order valence-corrected chi connectivity index (χ0v) is 14.1. The number of nitrogens with zero attached hydrogens (tertiary/aromatic N) is 1. The molecule has 3 N–H and O–H groups in total. The minimum absolute atomic E-state index is 0.212. The van der Waals surface area contributed by atoms with Gasteiger partial charge in [0.1, 0.15) is 0 Å². The van der Waals surface area contributed by atoms with Gasteiger partial charge in [0.25, 0.3) is 0 Å². The van der Waals surface area contributed by atoms with Gasteiger partial charge in [-0.05, 0) is 23.6 Å². The number of imidazole rings is 1. The van der Waals surface area contributed by atoms with Crippen LogP contribution in [0.15, 0.2) is 35.4 Å². The van der Waals surface area contributed by atoms with Crippen LogP contribution in [-0.4, -0.2) is 30.8 Å². The standard InChI is InChI=1S/C15H20N4O3S/c1-10(2)8-17-23(21,22)13-6-4-12(5-7-13)14-9-16-15(19-14)18-11(3)20/h4-7,9-10,17H,8H2,1-3H3,(H2,16,18,19,20). The van der Waals surface area contributed by atoms with E-state index in [0.717, 1.165) is 5.56 Å². The molecule has 0 saturated heterocycles. The molecule has 2 aromatic rings. The van der Waals surface area contributed by atoms with Crippen LogP contribution in [0.4, 0.5) is 5.95 Å². The number of hydrogen-bond donors (Lipinski definition) is 3. The van der Waals surface area contributed by atoms with Crippen molar-refractivity contribution in [3.05, 3.63) is 30.5 Å². The van der Waals surface area contributed by atoms with Gasteiger partial charge in [0.2, 0.25) is 21.9 Å². The number of anilines is 1. The molecule has 23 heavy (non-hydrogen) atoms. The van der Waals surface area contributed by atoms with E-state index >= 15 is 0 Å². The minimum Gasteiger partial charge on any atom is -0.324 e. The molecule has 0 aliphatic carbocycles. The van der Waals surface area contributed by atoms with Crippen LogP contribution in [0.1, 0.15) is 20.8 Å². The maximum Gasteiger partial charge on any atom is 0.240 e. The molecule has 0 atom stereocenters. The molecule has 1 heterocycles. The van der Waals surface area contributed by atoms with Crippen LogP contribution in [0, 0.1) is 5.92 Å². The number of aromatic nitrogens is 2. The van der Waals surface area contributed by atoms with Gasteiger partial charge in [-0.3, -0.25) is 10.1 Å². The highest BCUT2D eigenvalue weighted by Gasteiger charge is 2.14. The topological polar surface area (TPSA) is 104 Å². The summed E-state index contributed by atoms with van der Waals surface area (Å²) in [5.41, 5.74) is 1.46. The minimum atomic E-state index is -3.50. The van der Waals surface area contributed by atoms with Crippen LogP contribution in [-0.2, 0) is 14.8 Å². The van der Waals surface area contributed by atoms with Crippen molar-refractivity contribution < 1.29 is 13.2 Å². The van der Waals surface area contributed by atoms with E-state index in [2.05, 4.69) is 20.0 Å². The maximum atomic E-state index is 12.1. The summed E-state index contributed by atoms with van der Waals surface area (Å²) in [6, 6.07) is 6.46. The maximum absolute atomic E-state index is 12.1. The van der Waals surface area contributed by atoms with Crippen LogP contribution < -0.4 is 10.0 Å². The van der Waals surface area contributed by atoms with Gasteiger partial charge in [-0.15, -0.1) is 0 Å². The van der Waals surface area contributed by atoms with Crippen molar-refractivity contribution >= 4 is 21.9 Å². The Bertz CT molecular complexity index is 779. The average Bonchev–Trinajstić information content (AvgIpc) is 2.93. The Morgan fingerprint density at radius 2 is 1.91 bits per heavy atom. The highest BCUT2D eigenvalue weighted by Crippen LogP contribution is 2.20. The molecule has 7 nitrogen and oxygen atoms in total. The molecule has 124 valence electrons. The van der Waals surface area contributed by atoms with E-state index in [-0.39, 0.29) is 16.7 Å². The number of nitrogens with one attached hydrogen (secondary N) is 3. The number of aromatic amines is 1. The first-order chi connectivity index (χ1) is 10.8. The molecule has 0 aliphatic heterocycles.